The van der Waals surface area contributed by atoms with Crippen LogP contribution in [0.1, 0.15) is 65.9 Å². The minimum atomic E-state index is -4.41. The first-order chi connectivity index (χ1) is 19.2. The molecule has 0 aliphatic heterocycles. The van der Waals surface area contributed by atoms with E-state index in [0.29, 0.717) is 18.1 Å². The number of unbranched alkanes of at least 4 members (excludes halogenated alkanes) is 3. The Morgan fingerprint density at radius 3 is 2.44 bits per heavy atom. The van der Waals surface area contributed by atoms with Gasteiger partial charge in [0.05, 0.1) is 11.6 Å². The number of amides is 1. The Balaban J connectivity index is 1.65. The second-order valence-electron chi connectivity index (χ2n) is 11.5. The van der Waals surface area contributed by atoms with Crippen molar-refractivity contribution >= 4 is 11.9 Å². The highest BCUT2D eigenvalue weighted by atomic mass is 19.4. The van der Waals surface area contributed by atoms with Gasteiger partial charge >= 0.3 is 12.3 Å². The molecule has 3 aromatic rings. The van der Waals surface area contributed by atoms with Gasteiger partial charge in [-0.3, -0.25) is 0 Å². The zero-order valence-electron chi connectivity index (χ0n) is 24.2. The Labute approximate surface area is 238 Å². The number of ether oxygens (including phenoxy) is 2. The molecule has 1 amide bonds. The van der Waals surface area contributed by atoms with Crippen LogP contribution in [0.4, 0.5) is 23.8 Å². The summed E-state index contributed by atoms with van der Waals surface area (Å²) in [5.74, 6) is 0.651. The van der Waals surface area contributed by atoms with Crippen molar-refractivity contribution in [3.63, 3.8) is 0 Å². The van der Waals surface area contributed by atoms with Crippen LogP contribution in [0.3, 0.4) is 0 Å². The third-order valence-electron chi connectivity index (χ3n) is 6.22. The first kappa shape index (κ1) is 31.7. The van der Waals surface area contributed by atoms with Crippen molar-refractivity contribution < 1.29 is 27.4 Å². The molecule has 0 atom stereocenters. The number of carbonyl (C=O) groups is 1. The summed E-state index contributed by atoms with van der Waals surface area (Å²) in [4.78, 5) is 20.7. The monoisotopic (exact) mass is 576 g/mol. The number of nitrogen functional groups attached to an aromatic ring is 1. The number of alkyl halides is 3. The van der Waals surface area contributed by atoms with Crippen molar-refractivity contribution in [2.24, 2.45) is 5.41 Å². The largest absolute Gasteiger partial charge is 0.476 e. The van der Waals surface area contributed by atoms with E-state index in [1.807, 2.05) is 45.0 Å². The van der Waals surface area contributed by atoms with E-state index in [1.165, 1.54) is 16.9 Å². The molecule has 0 spiro atoms. The summed E-state index contributed by atoms with van der Waals surface area (Å²) in [6, 6.07) is 9.28. The second kappa shape index (κ2) is 13.2. The topological polar surface area (TPSA) is 117 Å². The van der Waals surface area contributed by atoms with E-state index in [0.717, 1.165) is 57.1 Å². The van der Waals surface area contributed by atoms with Crippen LogP contribution in [0.25, 0.3) is 17.1 Å². The van der Waals surface area contributed by atoms with E-state index in [-0.39, 0.29) is 11.7 Å². The van der Waals surface area contributed by atoms with Gasteiger partial charge in [0.25, 0.3) is 0 Å². The molecule has 0 saturated heterocycles. The van der Waals surface area contributed by atoms with Gasteiger partial charge in [-0.1, -0.05) is 37.1 Å². The quantitative estimate of drug-likeness (QED) is 0.236. The fourth-order valence-corrected chi connectivity index (χ4v) is 3.85. The fraction of sp³-hybridized carbons (Fsp3) is 0.517. The number of hydrogen-bond donors (Lipinski definition) is 2. The normalized spacial score (nSPS) is 12.3. The molecule has 41 heavy (non-hydrogen) atoms. The smallest absolute Gasteiger partial charge is 0.407 e. The maximum atomic E-state index is 13.2. The first-order valence-electron chi connectivity index (χ1n) is 13.6. The molecule has 0 aliphatic rings. The Morgan fingerprint density at radius 2 is 1.73 bits per heavy atom. The van der Waals surface area contributed by atoms with Gasteiger partial charge in [0, 0.05) is 24.4 Å². The van der Waals surface area contributed by atoms with Crippen molar-refractivity contribution in [3.05, 3.63) is 48.3 Å². The lowest BCUT2D eigenvalue weighted by Gasteiger charge is -2.26. The lowest BCUT2D eigenvalue weighted by molar-refractivity contribution is -0.219. The van der Waals surface area contributed by atoms with Crippen molar-refractivity contribution in [2.75, 3.05) is 18.9 Å². The number of hydrogen-bond acceptors (Lipinski definition) is 7. The van der Waals surface area contributed by atoms with Crippen LogP contribution >= 0.6 is 0 Å². The van der Waals surface area contributed by atoms with Crippen LogP contribution in [0.5, 0.6) is 5.88 Å². The Kier molecular flexibility index (Phi) is 10.2. The summed E-state index contributed by atoms with van der Waals surface area (Å²) in [5.41, 5.74) is 5.83. The molecular formula is C29H39F3N6O3. The standard InChI is InChI=1S/C29H39F3N6O3/c1-27(2,3)41-26(39)34-16-11-7-6-8-12-20-13-9-10-14-21(20)24-25(35-18-22(33)36-24)38-17-15-23(37-38)40-19-28(4,5)29(30,31)32/h9-10,13-15,17-18H,6-8,11-12,16,19H2,1-5H3,(H2,33,36)(H,34,39). The van der Waals surface area contributed by atoms with Gasteiger partial charge in [-0.2, -0.15) is 13.2 Å². The van der Waals surface area contributed by atoms with E-state index in [1.54, 1.807) is 6.20 Å². The van der Waals surface area contributed by atoms with Crippen LogP contribution in [0.15, 0.2) is 42.7 Å². The Bertz CT molecular complexity index is 1300. The maximum absolute atomic E-state index is 13.2. The summed E-state index contributed by atoms with van der Waals surface area (Å²) in [6.45, 7) is 7.61. The molecule has 3 N–H and O–H groups in total. The molecule has 224 valence electrons. The molecule has 1 aromatic carbocycles. The number of aromatic nitrogens is 4. The molecule has 0 aliphatic carbocycles. The molecule has 0 radical (unpaired) electrons. The molecule has 3 rings (SSSR count). The van der Waals surface area contributed by atoms with Gasteiger partial charge in [0.1, 0.15) is 23.7 Å². The number of anilines is 1. The van der Waals surface area contributed by atoms with Crippen LogP contribution < -0.4 is 15.8 Å². The zero-order valence-corrected chi connectivity index (χ0v) is 24.2. The summed E-state index contributed by atoms with van der Waals surface area (Å²) in [5, 5.41) is 7.07. The number of benzene rings is 1. The molecule has 12 heteroatoms. The average Bonchev–Trinajstić information content (AvgIpc) is 3.34. The highest BCUT2D eigenvalue weighted by Gasteiger charge is 2.48. The molecule has 0 saturated carbocycles. The van der Waals surface area contributed by atoms with E-state index < -0.39 is 29.9 Å². The number of rotatable bonds is 12. The molecule has 0 unspecified atom stereocenters. The van der Waals surface area contributed by atoms with Crippen molar-refractivity contribution in [1.29, 1.82) is 0 Å². The van der Waals surface area contributed by atoms with Gasteiger partial charge < -0.3 is 20.5 Å². The van der Waals surface area contributed by atoms with Gasteiger partial charge in [0.2, 0.25) is 5.88 Å². The summed E-state index contributed by atoms with van der Waals surface area (Å²) in [6.07, 6.45) is 2.61. The zero-order chi connectivity index (χ0) is 30.3. The lowest BCUT2D eigenvalue weighted by atomic mass is 9.94. The van der Waals surface area contributed by atoms with Gasteiger partial charge in [-0.05, 0) is 59.4 Å². The SMILES string of the molecule is CC(C)(C)OC(=O)NCCCCCCc1ccccc1-c1nc(N)cnc1-n1ccc(OCC(C)(C)C(F)(F)F)n1. The van der Waals surface area contributed by atoms with Crippen molar-refractivity contribution in [2.45, 2.75) is 78.5 Å². The molecular weight excluding hydrogens is 537 g/mol. The molecule has 2 aromatic heterocycles. The summed E-state index contributed by atoms with van der Waals surface area (Å²) < 4.78 is 51.7. The Morgan fingerprint density at radius 1 is 1.02 bits per heavy atom. The number of aryl methyl sites for hydroxylation is 1. The highest BCUT2D eigenvalue weighted by molar-refractivity contribution is 5.71. The molecule has 0 bridgehead atoms. The molecule has 2 heterocycles. The van der Waals surface area contributed by atoms with Crippen LogP contribution in [0, 0.1) is 5.41 Å². The third-order valence-corrected chi connectivity index (χ3v) is 6.22. The third kappa shape index (κ3) is 9.36. The van der Waals surface area contributed by atoms with Crippen LogP contribution in [-0.4, -0.2) is 50.8 Å². The Hall–Kier alpha value is -3.83. The average molecular weight is 577 g/mol. The van der Waals surface area contributed by atoms with Crippen LogP contribution in [0.2, 0.25) is 0 Å². The number of nitrogens with one attached hydrogen (secondary N) is 1. The number of alkyl carbamates (subject to hydrolysis) is 1. The highest BCUT2D eigenvalue weighted by Crippen LogP contribution is 2.37. The summed E-state index contributed by atoms with van der Waals surface area (Å²) >= 11 is 0. The minimum absolute atomic E-state index is 0.0429. The maximum Gasteiger partial charge on any atom is 0.407 e. The predicted octanol–water partition coefficient (Wildman–Crippen LogP) is 6.51. The number of carbonyl (C=O) groups excluding carboxylic acids is 1. The first-order valence-corrected chi connectivity index (χ1v) is 13.6. The second-order valence-corrected chi connectivity index (χ2v) is 11.5. The van der Waals surface area contributed by atoms with E-state index in [4.69, 9.17) is 15.2 Å². The summed E-state index contributed by atoms with van der Waals surface area (Å²) in [7, 11) is 0. The van der Waals surface area contributed by atoms with Gasteiger partial charge in [0.15, 0.2) is 5.82 Å². The number of nitrogens with two attached hydrogens (primary N) is 1. The molecule has 0 fully saturated rings. The van der Waals surface area contributed by atoms with Gasteiger partial charge in [-0.25, -0.2) is 19.4 Å². The van der Waals surface area contributed by atoms with E-state index >= 15 is 0 Å². The van der Waals surface area contributed by atoms with Crippen molar-refractivity contribution in [3.8, 4) is 23.0 Å². The molecule has 9 nitrogen and oxygen atoms in total. The minimum Gasteiger partial charge on any atom is -0.476 e. The van der Waals surface area contributed by atoms with Gasteiger partial charge in [-0.15, -0.1) is 5.10 Å². The number of nitrogens with zero attached hydrogens (tertiary/aromatic N) is 4. The number of halogens is 3. The van der Waals surface area contributed by atoms with Crippen LogP contribution in [-0.2, 0) is 11.2 Å². The van der Waals surface area contributed by atoms with Crippen molar-refractivity contribution in [1.82, 2.24) is 25.1 Å². The predicted molar refractivity (Wildman–Crippen MR) is 151 cm³/mol. The van der Waals surface area contributed by atoms with E-state index in [9.17, 15) is 18.0 Å². The fourth-order valence-electron chi connectivity index (χ4n) is 3.85. The van der Waals surface area contributed by atoms with E-state index in [2.05, 4.69) is 20.4 Å². The lowest BCUT2D eigenvalue weighted by Crippen LogP contribution is -2.37.